The first-order valence-electron chi connectivity index (χ1n) is 8.88. The lowest BCUT2D eigenvalue weighted by molar-refractivity contribution is -0.121. The van der Waals surface area contributed by atoms with Gasteiger partial charge in [-0.1, -0.05) is 18.2 Å². The van der Waals surface area contributed by atoms with E-state index in [2.05, 4.69) is 21.7 Å². The second kappa shape index (κ2) is 8.14. The van der Waals surface area contributed by atoms with Gasteiger partial charge in [0.1, 0.15) is 12.4 Å². The standard InChI is InChI=1S/C19H25N5O2/c1-14-20-10-12-24(14)13-18(25)21-9-11-23(2)17-8-7-15-5-3-4-6-16(15)22-19(17)26/h3-6,10,12,17H,7-9,11,13H2,1-2H3,(H,21,25)(H,22,26). The number of aromatic nitrogens is 2. The number of amides is 2. The number of carbonyl (C=O) groups excluding carboxylic acids is 2. The fourth-order valence-corrected chi connectivity index (χ4v) is 3.23. The predicted molar refractivity (Wildman–Crippen MR) is 99.8 cm³/mol. The average molecular weight is 355 g/mol. The minimum absolute atomic E-state index is 0.0119. The van der Waals surface area contributed by atoms with Crippen LogP contribution in [0.15, 0.2) is 36.7 Å². The first-order chi connectivity index (χ1) is 12.5. The number of imidazole rings is 1. The number of aryl methyl sites for hydroxylation is 2. The second-order valence-corrected chi connectivity index (χ2v) is 6.63. The van der Waals surface area contributed by atoms with Crippen molar-refractivity contribution in [3.63, 3.8) is 0 Å². The van der Waals surface area contributed by atoms with Gasteiger partial charge < -0.3 is 15.2 Å². The van der Waals surface area contributed by atoms with E-state index in [0.29, 0.717) is 13.1 Å². The van der Waals surface area contributed by atoms with Crippen molar-refractivity contribution in [2.45, 2.75) is 32.4 Å². The molecule has 26 heavy (non-hydrogen) atoms. The molecule has 138 valence electrons. The third kappa shape index (κ3) is 4.29. The lowest BCUT2D eigenvalue weighted by Crippen LogP contribution is -2.44. The van der Waals surface area contributed by atoms with Gasteiger partial charge in [-0.3, -0.25) is 14.5 Å². The summed E-state index contributed by atoms with van der Waals surface area (Å²) in [5.74, 6) is 0.766. The SMILES string of the molecule is Cc1nccn1CC(=O)NCCN(C)C1CCc2ccccc2NC1=O. The summed E-state index contributed by atoms with van der Waals surface area (Å²) < 4.78 is 1.80. The van der Waals surface area contributed by atoms with E-state index < -0.39 is 0 Å². The van der Waals surface area contributed by atoms with Gasteiger partial charge in [0.2, 0.25) is 11.8 Å². The van der Waals surface area contributed by atoms with Crippen LogP contribution in [0.4, 0.5) is 5.69 Å². The van der Waals surface area contributed by atoms with Gasteiger partial charge in [-0.15, -0.1) is 0 Å². The number of anilines is 1. The van der Waals surface area contributed by atoms with E-state index in [1.165, 1.54) is 5.56 Å². The van der Waals surface area contributed by atoms with Crippen LogP contribution in [0.5, 0.6) is 0 Å². The number of para-hydroxylation sites is 1. The highest BCUT2D eigenvalue weighted by atomic mass is 16.2. The first-order valence-corrected chi connectivity index (χ1v) is 8.88. The summed E-state index contributed by atoms with van der Waals surface area (Å²) in [4.78, 5) is 30.7. The van der Waals surface area contributed by atoms with Crippen molar-refractivity contribution >= 4 is 17.5 Å². The van der Waals surface area contributed by atoms with E-state index in [-0.39, 0.29) is 24.4 Å². The minimum atomic E-state index is -0.199. The van der Waals surface area contributed by atoms with Crippen molar-refractivity contribution in [2.24, 2.45) is 0 Å². The Morgan fingerprint density at radius 2 is 2.23 bits per heavy atom. The zero-order valence-corrected chi connectivity index (χ0v) is 15.2. The number of likely N-dealkylation sites (N-methyl/N-ethyl adjacent to an activating group) is 1. The average Bonchev–Trinajstić information content (AvgIpc) is 2.92. The number of nitrogens with one attached hydrogen (secondary N) is 2. The van der Waals surface area contributed by atoms with Gasteiger partial charge in [0.25, 0.3) is 0 Å². The summed E-state index contributed by atoms with van der Waals surface area (Å²) in [5, 5.41) is 5.92. The van der Waals surface area contributed by atoms with Crippen LogP contribution in [0.25, 0.3) is 0 Å². The summed E-state index contributed by atoms with van der Waals surface area (Å²) in [6, 6.07) is 7.72. The molecule has 2 amide bonds. The van der Waals surface area contributed by atoms with Crippen LogP contribution >= 0.6 is 0 Å². The predicted octanol–water partition coefficient (Wildman–Crippen LogP) is 1.19. The van der Waals surface area contributed by atoms with Crippen molar-refractivity contribution in [2.75, 3.05) is 25.5 Å². The molecule has 1 atom stereocenters. The Bertz CT molecular complexity index is 786. The van der Waals surface area contributed by atoms with Gasteiger partial charge in [-0.05, 0) is 38.4 Å². The van der Waals surface area contributed by atoms with Gasteiger partial charge in [-0.25, -0.2) is 4.98 Å². The third-order valence-corrected chi connectivity index (χ3v) is 4.82. The Kier molecular flexibility index (Phi) is 5.68. The zero-order chi connectivity index (χ0) is 18.5. The zero-order valence-electron chi connectivity index (χ0n) is 15.2. The van der Waals surface area contributed by atoms with Gasteiger partial charge in [0.05, 0.1) is 6.04 Å². The maximum absolute atomic E-state index is 12.5. The van der Waals surface area contributed by atoms with Crippen molar-refractivity contribution in [3.05, 3.63) is 48.0 Å². The van der Waals surface area contributed by atoms with Gasteiger partial charge in [0.15, 0.2) is 0 Å². The quantitative estimate of drug-likeness (QED) is 0.816. The van der Waals surface area contributed by atoms with Gasteiger partial charge >= 0.3 is 0 Å². The van der Waals surface area contributed by atoms with Crippen LogP contribution in [0.3, 0.4) is 0 Å². The third-order valence-electron chi connectivity index (χ3n) is 4.82. The summed E-state index contributed by atoms with van der Waals surface area (Å²) in [7, 11) is 1.92. The normalized spacial score (nSPS) is 16.7. The molecule has 0 fully saturated rings. The molecule has 1 aliphatic heterocycles. The smallest absolute Gasteiger partial charge is 0.241 e. The van der Waals surface area contributed by atoms with E-state index in [0.717, 1.165) is 24.4 Å². The van der Waals surface area contributed by atoms with E-state index in [9.17, 15) is 9.59 Å². The number of benzene rings is 1. The molecule has 2 N–H and O–H groups in total. The molecule has 1 aliphatic rings. The molecule has 0 bridgehead atoms. The maximum atomic E-state index is 12.5. The molecular weight excluding hydrogens is 330 g/mol. The molecule has 7 nitrogen and oxygen atoms in total. The van der Waals surface area contributed by atoms with Crippen LogP contribution in [0.1, 0.15) is 17.8 Å². The molecule has 7 heteroatoms. The summed E-state index contributed by atoms with van der Waals surface area (Å²) >= 11 is 0. The number of rotatable bonds is 6. The second-order valence-electron chi connectivity index (χ2n) is 6.63. The Balaban J connectivity index is 1.47. The number of hydrogen-bond acceptors (Lipinski definition) is 4. The molecule has 1 aromatic carbocycles. The molecule has 0 saturated heterocycles. The lowest BCUT2D eigenvalue weighted by Gasteiger charge is -2.25. The molecule has 1 aromatic heterocycles. The molecular formula is C19H25N5O2. The molecule has 0 saturated carbocycles. The number of nitrogens with zero attached hydrogens (tertiary/aromatic N) is 3. The van der Waals surface area contributed by atoms with E-state index >= 15 is 0 Å². The van der Waals surface area contributed by atoms with Crippen LogP contribution in [-0.4, -0.2) is 52.4 Å². The molecule has 3 rings (SSSR count). The highest BCUT2D eigenvalue weighted by Gasteiger charge is 2.26. The van der Waals surface area contributed by atoms with Crippen LogP contribution < -0.4 is 10.6 Å². The molecule has 0 spiro atoms. The van der Waals surface area contributed by atoms with E-state index in [1.807, 2.05) is 37.1 Å². The van der Waals surface area contributed by atoms with Crippen molar-refractivity contribution in [1.82, 2.24) is 19.8 Å². The topological polar surface area (TPSA) is 79.3 Å². The summed E-state index contributed by atoms with van der Waals surface area (Å²) in [5.41, 5.74) is 2.07. The minimum Gasteiger partial charge on any atom is -0.353 e. The van der Waals surface area contributed by atoms with E-state index in [4.69, 9.17) is 0 Å². The Morgan fingerprint density at radius 1 is 1.42 bits per heavy atom. The highest BCUT2D eigenvalue weighted by Crippen LogP contribution is 2.23. The Labute approximate surface area is 153 Å². The number of fused-ring (bicyclic) bond motifs is 1. The van der Waals surface area contributed by atoms with Gasteiger partial charge in [-0.2, -0.15) is 0 Å². The molecule has 0 aliphatic carbocycles. The van der Waals surface area contributed by atoms with Crippen LogP contribution in [-0.2, 0) is 22.6 Å². The molecule has 2 aromatic rings. The van der Waals surface area contributed by atoms with Crippen molar-refractivity contribution in [1.29, 1.82) is 0 Å². The summed E-state index contributed by atoms with van der Waals surface area (Å²) in [6.07, 6.45) is 5.09. The highest BCUT2D eigenvalue weighted by molar-refractivity contribution is 5.96. The van der Waals surface area contributed by atoms with Crippen LogP contribution in [0, 0.1) is 6.92 Å². The molecule has 1 unspecified atom stereocenters. The van der Waals surface area contributed by atoms with Crippen LogP contribution in [0.2, 0.25) is 0 Å². The van der Waals surface area contributed by atoms with Crippen molar-refractivity contribution in [3.8, 4) is 0 Å². The number of hydrogen-bond donors (Lipinski definition) is 2. The Hall–Kier alpha value is -2.67. The van der Waals surface area contributed by atoms with E-state index in [1.54, 1.807) is 17.0 Å². The first kappa shape index (κ1) is 18.1. The Morgan fingerprint density at radius 3 is 3.00 bits per heavy atom. The summed E-state index contributed by atoms with van der Waals surface area (Å²) in [6.45, 7) is 3.24. The molecule has 2 heterocycles. The maximum Gasteiger partial charge on any atom is 0.241 e. The van der Waals surface area contributed by atoms with Gasteiger partial charge in [0, 0.05) is 31.2 Å². The largest absolute Gasteiger partial charge is 0.353 e. The monoisotopic (exact) mass is 355 g/mol. The number of carbonyl (C=O) groups is 2. The fraction of sp³-hybridized carbons (Fsp3) is 0.421. The molecule has 0 radical (unpaired) electrons. The lowest BCUT2D eigenvalue weighted by atomic mass is 10.1. The fourth-order valence-electron chi connectivity index (χ4n) is 3.23. The van der Waals surface area contributed by atoms with Crippen molar-refractivity contribution < 1.29 is 9.59 Å².